The summed E-state index contributed by atoms with van der Waals surface area (Å²) >= 11 is 12.7. The van der Waals surface area contributed by atoms with Crippen LogP contribution in [0.25, 0.3) is 0 Å². The van der Waals surface area contributed by atoms with Crippen LogP contribution >= 0.6 is 23.2 Å². The maximum atomic E-state index is 13.2. The zero-order chi connectivity index (χ0) is 18.5. The standard InChI is InChI=1S/C21H18Cl2FNO/c1-14-4-2-7-18(8-14)25-12-16-10-19(22)21(20(23)11-16)26-13-15-5-3-6-17(24)9-15/h2-11,25H,12-13H2,1H3. The van der Waals surface area contributed by atoms with E-state index in [0.717, 1.165) is 11.3 Å². The second kappa shape index (κ2) is 8.43. The second-order valence-corrected chi connectivity index (χ2v) is 6.84. The van der Waals surface area contributed by atoms with Crippen molar-refractivity contribution in [2.45, 2.75) is 20.1 Å². The lowest BCUT2D eigenvalue weighted by Gasteiger charge is -2.13. The highest BCUT2D eigenvalue weighted by atomic mass is 35.5. The van der Waals surface area contributed by atoms with E-state index in [4.69, 9.17) is 27.9 Å². The van der Waals surface area contributed by atoms with Crippen molar-refractivity contribution < 1.29 is 9.13 Å². The minimum Gasteiger partial charge on any atom is -0.486 e. The second-order valence-electron chi connectivity index (χ2n) is 6.03. The average molecular weight is 390 g/mol. The lowest BCUT2D eigenvalue weighted by Crippen LogP contribution is -2.01. The van der Waals surface area contributed by atoms with Crippen LogP contribution in [0, 0.1) is 12.7 Å². The molecule has 0 bridgehead atoms. The van der Waals surface area contributed by atoms with Crippen molar-refractivity contribution in [3.63, 3.8) is 0 Å². The number of rotatable bonds is 6. The van der Waals surface area contributed by atoms with Gasteiger partial charge in [-0.25, -0.2) is 4.39 Å². The Hall–Kier alpha value is -2.23. The summed E-state index contributed by atoms with van der Waals surface area (Å²) in [7, 11) is 0. The number of hydrogen-bond donors (Lipinski definition) is 1. The Bertz CT molecular complexity index is 891. The predicted octanol–water partition coefficient (Wildman–Crippen LogP) is 6.63. The van der Waals surface area contributed by atoms with E-state index in [0.29, 0.717) is 27.9 Å². The van der Waals surface area contributed by atoms with Crippen molar-refractivity contribution in [2.24, 2.45) is 0 Å². The molecule has 0 amide bonds. The lowest BCUT2D eigenvalue weighted by atomic mass is 10.2. The molecule has 2 nitrogen and oxygen atoms in total. The molecule has 0 heterocycles. The molecule has 134 valence electrons. The fourth-order valence-corrected chi connectivity index (χ4v) is 3.24. The van der Waals surface area contributed by atoms with E-state index in [1.165, 1.54) is 17.7 Å². The van der Waals surface area contributed by atoms with E-state index < -0.39 is 0 Å². The smallest absolute Gasteiger partial charge is 0.156 e. The van der Waals surface area contributed by atoms with E-state index in [2.05, 4.69) is 11.4 Å². The van der Waals surface area contributed by atoms with Gasteiger partial charge in [-0.15, -0.1) is 0 Å². The van der Waals surface area contributed by atoms with Crippen molar-refractivity contribution in [3.05, 3.63) is 93.2 Å². The van der Waals surface area contributed by atoms with Crippen LogP contribution < -0.4 is 10.1 Å². The number of halogens is 3. The molecule has 1 N–H and O–H groups in total. The van der Waals surface area contributed by atoms with Crippen LogP contribution in [0.15, 0.2) is 60.7 Å². The molecule has 0 aliphatic rings. The molecule has 0 unspecified atom stereocenters. The molecule has 0 saturated carbocycles. The van der Waals surface area contributed by atoms with Crippen LogP contribution in [-0.2, 0) is 13.2 Å². The zero-order valence-electron chi connectivity index (χ0n) is 14.2. The molecule has 0 saturated heterocycles. The van der Waals surface area contributed by atoms with Crippen molar-refractivity contribution in [3.8, 4) is 5.75 Å². The van der Waals surface area contributed by atoms with Gasteiger partial charge in [0.15, 0.2) is 5.75 Å². The molecule has 3 aromatic carbocycles. The summed E-state index contributed by atoms with van der Waals surface area (Å²) in [5, 5.41) is 4.19. The number of ether oxygens (including phenoxy) is 1. The third-order valence-electron chi connectivity index (χ3n) is 3.84. The number of nitrogens with one attached hydrogen (secondary N) is 1. The van der Waals surface area contributed by atoms with E-state index in [-0.39, 0.29) is 12.4 Å². The normalized spacial score (nSPS) is 10.6. The van der Waals surface area contributed by atoms with Gasteiger partial charge < -0.3 is 10.1 Å². The predicted molar refractivity (Wildman–Crippen MR) is 106 cm³/mol. The van der Waals surface area contributed by atoms with Crippen LogP contribution in [0.3, 0.4) is 0 Å². The van der Waals surface area contributed by atoms with Crippen LogP contribution in [0.1, 0.15) is 16.7 Å². The van der Waals surface area contributed by atoms with Gasteiger partial charge in [-0.3, -0.25) is 0 Å². The van der Waals surface area contributed by atoms with E-state index in [1.807, 2.05) is 37.3 Å². The summed E-state index contributed by atoms with van der Waals surface area (Å²) in [6.45, 7) is 2.83. The van der Waals surface area contributed by atoms with Crippen LogP contribution in [-0.4, -0.2) is 0 Å². The van der Waals surface area contributed by atoms with Gasteiger partial charge in [0.05, 0.1) is 10.0 Å². The highest BCUT2D eigenvalue weighted by molar-refractivity contribution is 6.37. The fraction of sp³-hybridized carbons (Fsp3) is 0.143. The quantitative estimate of drug-likeness (QED) is 0.510. The van der Waals surface area contributed by atoms with Gasteiger partial charge >= 0.3 is 0 Å². The minimum absolute atomic E-state index is 0.193. The van der Waals surface area contributed by atoms with Gasteiger partial charge in [0.2, 0.25) is 0 Å². The highest BCUT2D eigenvalue weighted by Crippen LogP contribution is 2.35. The molecular weight excluding hydrogens is 372 g/mol. The first-order chi connectivity index (χ1) is 12.5. The zero-order valence-corrected chi connectivity index (χ0v) is 15.7. The maximum Gasteiger partial charge on any atom is 0.156 e. The van der Waals surface area contributed by atoms with Crippen molar-refractivity contribution >= 4 is 28.9 Å². The molecule has 5 heteroatoms. The Balaban J connectivity index is 1.67. The number of aryl methyl sites for hydroxylation is 1. The molecule has 0 spiro atoms. The molecule has 0 aromatic heterocycles. The number of hydrogen-bond acceptors (Lipinski definition) is 2. The van der Waals surface area contributed by atoms with Gasteiger partial charge in [0.25, 0.3) is 0 Å². The maximum absolute atomic E-state index is 13.2. The molecule has 0 fully saturated rings. The van der Waals surface area contributed by atoms with Gasteiger partial charge in [0, 0.05) is 12.2 Å². The molecule has 0 aliphatic heterocycles. The minimum atomic E-state index is -0.305. The molecule has 3 rings (SSSR count). The summed E-state index contributed by atoms with van der Waals surface area (Å²) in [6, 6.07) is 18.0. The molecule has 0 radical (unpaired) electrons. The summed E-state index contributed by atoms with van der Waals surface area (Å²) in [5.41, 5.74) is 3.87. The van der Waals surface area contributed by atoms with E-state index in [1.54, 1.807) is 12.1 Å². The first kappa shape index (κ1) is 18.6. The average Bonchev–Trinajstić information content (AvgIpc) is 2.59. The topological polar surface area (TPSA) is 21.3 Å². The van der Waals surface area contributed by atoms with Crippen LogP contribution in [0.5, 0.6) is 5.75 Å². The first-order valence-corrected chi connectivity index (χ1v) is 8.92. The summed E-state index contributed by atoms with van der Waals surface area (Å²) in [5.74, 6) is 0.0952. The Labute approximate surface area is 162 Å². The van der Waals surface area contributed by atoms with Crippen molar-refractivity contribution in [2.75, 3.05) is 5.32 Å². The largest absolute Gasteiger partial charge is 0.486 e. The Morgan fingerprint density at radius 1 is 0.923 bits per heavy atom. The molecule has 0 atom stereocenters. The monoisotopic (exact) mass is 389 g/mol. The van der Waals surface area contributed by atoms with Gasteiger partial charge in [0.1, 0.15) is 12.4 Å². The van der Waals surface area contributed by atoms with Gasteiger partial charge in [-0.2, -0.15) is 0 Å². The number of anilines is 1. The van der Waals surface area contributed by atoms with Crippen LogP contribution in [0.2, 0.25) is 10.0 Å². The Morgan fingerprint density at radius 2 is 1.65 bits per heavy atom. The summed E-state index contributed by atoms with van der Waals surface area (Å²) < 4.78 is 18.9. The van der Waals surface area contributed by atoms with E-state index >= 15 is 0 Å². The van der Waals surface area contributed by atoms with E-state index in [9.17, 15) is 4.39 Å². The lowest BCUT2D eigenvalue weighted by molar-refractivity contribution is 0.306. The SMILES string of the molecule is Cc1cccc(NCc2cc(Cl)c(OCc3cccc(F)c3)c(Cl)c2)c1. The third-order valence-corrected chi connectivity index (χ3v) is 4.41. The van der Waals surface area contributed by atoms with Crippen LogP contribution in [0.4, 0.5) is 10.1 Å². The van der Waals surface area contributed by atoms with Crippen molar-refractivity contribution in [1.82, 2.24) is 0 Å². The summed E-state index contributed by atoms with van der Waals surface area (Å²) in [6.07, 6.45) is 0. The first-order valence-electron chi connectivity index (χ1n) is 8.17. The highest BCUT2D eigenvalue weighted by Gasteiger charge is 2.10. The molecule has 26 heavy (non-hydrogen) atoms. The molecular formula is C21H18Cl2FNO. The van der Waals surface area contributed by atoms with Gasteiger partial charge in [-0.1, -0.05) is 47.5 Å². The fourth-order valence-electron chi connectivity index (χ4n) is 2.59. The molecule has 3 aromatic rings. The summed E-state index contributed by atoms with van der Waals surface area (Å²) in [4.78, 5) is 0. The molecule has 0 aliphatic carbocycles. The Morgan fingerprint density at radius 3 is 2.35 bits per heavy atom. The third kappa shape index (κ3) is 4.90. The Kier molecular flexibility index (Phi) is 6.02. The number of benzene rings is 3. The van der Waals surface area contributed by atoms with Gasteiger partial charge in [-0.05, 0) is 60.0 Å². The van der Waals surface area contributed by atoms with Crippen molar-refractivity contribution in [1.29, 1.82) is 0 Å².